The molecule has 0 aliphatic rings. The molecule has 41 heavy (non-hydrogen) atoms. The standard InChI is InChI=1S/C32H41N3O5S/c1-7-27(31(37)33-32(4,5)6)34(22-25-20-18-24(3)19-21-25)30(36)23-35(28-16-12-13-17-29(28)40-8-2)41(38,39)26-14-10-9-11-15-26/h9-21,27H,7-8,22-23H2,1-6H3,(H,33,37)/t27-/m1/s1. The van der Waals surface area contributed by atoms with Gasteiger partial charge in [0.25, 0.3) is 10.0 Å². The molecule has 3 aromatic rings. The van der Waals surface area contributed by atoms with Crippen LogP contribution >= 0.6 is 0 Å². The Balaban J connectivity index is 2.10. The molecular formula is C32H41N3O5S. The summed E-state index contributed by atoms with van der Waals surface area (Å²) in [6.07, 6.45) is 0.348. The lowest BCUT2D eigenvalue weighted by atomic mass is 10.1. The van der Waals surface area contributed by atoms with Crippen LogP contribution in [0.1, 0.15) is 52.2 Å². The van der Waals surface area contributed by atoms with E-state index in [-0.39, 0.29) is 23.0 Å². The summed E-state index contributed by atoms with van der Waals surface area (Å²) in [5.74, 6) is -0.468. The van der Waals surface area contributed by atoms with Crippen molar-refractivity contribution in [2.75, 3.05) is 17.5 Å². The second kappa shape index (κ2) is 13.7. The van der Waals surface area contributed by atoms with Crippen molar-refractivity contribution >= 4 is 27.5 Å². The van der Waals surface area contributed by atoms with Gasteiger partial charge in [-0.05, 0) is 70.9 Å². The predicted molar refractivity (Wildman–Crippen MR) is 162 cm³/mol. The number of amides is 2. The van der Waals surface area contributed by atoms with Gasteiger partial charge >= 0.3 is 0 Å². The maximum Gasteiger partial charge on any atom is 0.264 e. The molecular weight excluding hydrogens is 538 g/mol. The van der Waals surface area contributed by atoms with Crippen molar-refractivity contribution in [2.24, 2.45) is 0 Å². The zero-order chi connectivity index (χ0) is 30.2. The number of hydrogen-bond donors (Lipinski definition) is 1. The van der Waals surface area contributed by atoms with Gasteiger partial charge in [-0.15, -0.1) is 0 Å². The number of nitrogens with zero attached hydrogens (tertiary/aromatic N) is 2. The molecule has 1 atom stereocenters. The lowest BCUT2D eigenvalue weighted by molar-refractivity contribution is -0.141. The molecule has 9 heteroatoms. The summed E-state index contributed by atoms with van der Waals surface area (Å²) in [6.45, 7) is 11.2. The molecule has 8 nitrogen and oxygen atoms in total. The quantitative estimate of drug-likeness (QED) is 0.314. The number of anilines is 1. The minimum atomic E-state index is -4.18. The maximum atomic E-state index is 14.2. The summed E-state index contributed by atoms with van der Waals surface area (Å²) < 4.78 is 34.9. The van der Waals surface area contributed by atoms with Gasteiger partial charge in [-0.1, -0.05) is 67.1 Å². The molecule has 0 fully saturated rings. The van der Waals surface area contributed by atoms with Crippen molar-refractivity contribution in [3.05, 3.63) is 90.0 Å². The van der Waals surface area contributed by atoms with Crippen molar-refractivity contribution in [3.63, 3.8) is 0 Å². The highest BCUT2D eigenvalue weighted by Gasteiger charge is 2.35. The van der Waals surface area contributed by atoms with Crippen molar-refractivity contribution < 1.29 is 22.7 Å². The van der Waals surface area contributed by atoms with Crippen LogP contribution in [0.5, 0.6) is 5.75 Å². The summed E-state index contributed by atoms with van der Waals surface area (Å²) in [4.78, 5) is 29.2. The number of carbonyl (C=O) groups is 2. The van der Waals surface area contributed by atoms with Crippen molar-refractivity contribution in [1.29, 1.82) is 0 Å². The second-order valence-electron chi connectivity index (χ2n) is 10.9. The van der Waals surface area contributed by atoms with Gasteiger partial charge in [-0.2, -0.15) is 0 Å². The third-order valence-corrected chi connectivity index (χ3v) is 8.18. The first-order valence-corrected chi connectivity index (χ1v) is 15.3. The van der Waals surface area contributed by atoms with Crippen LogP contribution in [0.4, 0.5) is 5.69 Å². The van der Waals surface area contributed by atoms with Crippen LogP contribution in [0, 0.1) is 6.92 Å². The number of ether oxygens (including phenoxy) is 1. The minimum Gasteiger partial charge on any atom is -0.492 e. The Morgan fingerprint density at radius 3 is 2.10 bits per heavy atom. The summed E-state index contributed by atoms with van der Waals surface area (Å²) in [5, 5.41) is 2.98. The van der Waals surface area contributed by atoms with E-state index in [0.29, 0.717) is 18.8 Å². The Morgan fingerprint density at radius 2 is 1.51 bits per heavy atom. The van der Waals surface area contributed by atoms with Crippen LogP contribution in [0.2, 0.25) is 0 Å². The summed E-state index contributed by atoms with van der Waals surface area (Å²) in [7, 11) is -4.18. The molecule has 0 saturated carbocycles. The second-order valence-corrected chi connectivity index (χ2v) is 12.8. The molecule has 3 rings (SSSR count). The van der Waals surface area contributed by atoms with Gasteiger partial charge in [-0.3, -0.25) is 13.9 Å². The summed E-state index contributed by atoms with van der Waals surface area (Å²) in [6, 6.07) is 21.6. The zero-order valence-corrected chi connectivity index (χ0v) is 25.6. The number of para-hydroxylation sites is 2. The van der Waals surface area contributed by atoms with Crippen molar-refractivity contribution in [1.82, 2.24) is 10.2 Å². The van der Waals surface area contributed by atoms with Gasteiger partial charge in [0.2, 0.25) is 11.8 Å². The molecule has 0 aliphatic heterocycles. The number of rotatable bonds is 12. The third-order valence-electron chi connectivity index (χ3n) is 6.40. The fourth-order valence-corrected chi connectivity index (χ4v) is 5.88. The third kappa shape index (κ3) is 8.33. The smallest absolute Gasteiger partial charge is 0.264 e. The number of benzene rings is 3. The Kier molecular flexibility index (Phi) is 10.6. The molecule has 1 N–H and O–H groups in total. The molecule has 0 bridgehead atoms. The SMILES string of the molecule is CCOc1ccccc1N(CC(=O)N(Cc1ccc(C)cc1)[C@H](CC)C(=O)NC(C)(C)C)S(=O)(=O)c1ccccc1. The fourth-order valence-electron chi connectivity index (χ4n) is 4.44. The van der Waals surface area contributed by atoms with E-state index in [0.717, 1.165) is 15.4 Å². The zero-order valence-electron chi connectivity index (χ0n) is 24.8. The van der Waals surface area contributed by atoms with Crippen LogP contribution in [-0.2, 0) is 26.2 Å². The van der Waals surface area contributed by atoms with Crippen LogP contribution in [0.25, 0.3) is 0 Å². The average Bonchev–Trinajstić information content (AvgIpc) is 2.92. The molecule has 0 unspecified atom stereocenters. The van der Waals surface area contributed by atoms with Crippen LogP contribution < -0.4 is 14.4 Å². The predicted octanol–water partition coefficient (Wildman–Crippen LogP) is 5.31. The summed E-state index contributed by atoms with van der Waals surface area (Å²) in [5.41, 5.74) is 1.63. The van der Waals surface area contributed by atoms with E-state index in [1.165, 1.54) is 17.0 Å². The maximum absolute atomic E-state index is 14.2. The first kappa shape index (κ1) is 31.7. The molecule has 0 radical (unpaired) electrons. The Labute approximate surface area is 244 Å². The topological polar surface area (TPSA) is 96.0 Å². The highest BCUT2D eigenvalue weighted by Crippen LogP contribution is 2.33. The largest absolute Gasteiger partial charge is 0.492 e. The fraction of sp³-hybridized carbons (Fsp3) is 0.375. The highest BCUT2D eigenvalue weighted by molar-refractivity contribution is 7.92. The van der Waals surface area contributed by atoms with E-state index < -0.39 is 34.1 Å². The number of sulfonamides is 1. The van der Waals surface area contributed by atoms with Gasteiger partial charge in [0.05, 0.1) is 17.2 Å². The average molecular weight is 580 g/mol. The normalized spacial score (nSPS) is 12.3. The van der Waals surface area contributed by atoms with Gasteiger partial charge in [0.1, 0.15) is 18.3 Å². The first-order chi connectivity index (χ1) is 19.4. The van der Waals surface area contributed by atoms with Crippen LogP contribution in [0.3, 0.4) is 0 Å². The van der Waals surface area contributed by atoms with Crippen LogP contribution in [-0.4, -0.2) is 49.9 Å². The number of aryl methyl sites for hydroxylation is 1. The van der Waals surface area contributed by atoms with E-state index in [4.69, 9.17) is 4.74 Å². The van der Waals surface area contributed by atoms with Crippen LogP contribution in [0.15, 0.2) is 83.8 Å². The minimum absolute atomic E-state index is 0.0432. The molecule has 0 aliphatic carbocycles. The molecule has 0 saturated heterocycles. The lowest BCUT2D eigenvalue weighted by Gasteiger charge is -2.35. The molecule has 220 valence electrons. The van der Waals surface area contributed by atoms with Gasteiger partial charge in [0, 0.05) is 12.1 Å². The molecule has 0 spiro atoms. The molecule has 2 amide bonds. The van der Waals surface area contributed by atoms with E-state index in [1.807, 2.05) is 58.9 Å². The Morgan fingerprint density at radius 1 is 0.902 bits per heavy atom. The Bertz CT molecular complexity index is 1420. The number of hydrogen-bond acceptors (Lipinski definition) is 5. The highest BCUT2D eigenvalue weighted by atomic mass is 32.2. The van der Waals surface area contributed by atoms with E-state index >= 15 is 0 Å². The molecule has 0 aromatic heterocycles. The summed E-state index contributed by atoms with van der Waals surface area (Å²) >= 11 is 0. The number of nitrogens with one attached hydrogen (secondary N) is 1. The molecule has 3 aromatic carbocycles. The lowest BCUT2D eigenvalue weighted by Crippen LogP contribution is -2.55. The van der Waals surface area contributed by atoms with Crippen molar-refractivity contribution in [2.45, 2.75) is 71.0 Å². The van der Waals surface area contributed by atoms with Crippen molar-refractivity contribution in [3.8, 4) is 5.75 Å². The van der Waals surface area contributed by atoms with E-state index in [1.54, 1.807) is 49.4 Å². The Hall–Kier alpha value is -3.85. The van der Waals surface area contributed by atoms with Gasteiger partial charge in [0.15, 0.2) is 0 Å². The van der Waals surface area contributed by atoms with Gasteiger partial charge in [-0.25, -0.2) is 8.42 Å². The first-order valence-electron chi connectivity index (χ1n) is 13.8. The monoisotopic (exact) mass is 579 g/mol. The number of carbonyl (C=O) groups excluding carboxylic acids is 2. The van der Waals surface area contributed by atoms with E-state index in [2.05, 4.69) is 5.32 Å². The van der Waals surface area contributed by atoms with E-state index in [9.17, 15) is 18.0 Å². The molecule has 0 heterocycles. The van der Waals surface area contributed by atoms with Gasteiger partial charge < -0.3 is 15.0 Å².